The molecule has 0 amide bonds. The number of nitrogens with zero attached hydrogens (tertiary/aromatic N) is 3. The Hall–Kier alpha value is -7.49. The van der Waals surface area contributed by atoms with E-state index in [4.69, 9.17) is 15.0 Å². The molecule has 0 spiro atoms. The van der Waals surface area contributed by atoms with E-state index < -0.39 is 0 Å². The molecule has 59 heavy (non-hydrogen) atoms. The normalized spacial score (nSPS) is 12.7. The van der Waals surface area contributed by atoms with Crippen LogP contribution < -0.4 is 0 Å². The Balaban J connectivity index is 1.07. The van der Waals surface area contributed by atoms with Crippen LogP contribution in [0.2, 0.25) is 0 Å². The van der Waals surface area contributed by atoms with Gasteiger partial charge in [0.1, 0.15) is 0 Å². The lowest BCUT2D eigenvalue weighted by Gasteiger charge is -2.22. The molecule has 278 valence electrons. The van der Waals surface area contributed by atoms with Crippen molar-refractivity contribution in [3.05, 3.63) is 211 Å². The summed E-state index contributed by atoms with van der Waals surface area (Å²) in [6.07, 6.45) is 0. The lowest BCUT2D eigenvalue weighted by atomic mass is 9.82. The highest BCUT2D eigenvalue weighted by atomic mass is 14.9. The molecule has 10 aromatic rings. The van der Waals surface area contributed by atoms with E-state index in [1.807, 2.05) is 12.1 Å². The molecule has 1 aliphatic rings. The Bertz CT molecular complexity index is 3150. The summed E-state index contributed by atoms with van der Waals surface area (Å²) in [7, 11) is 0. The molecule has 0 saturated carbocycles. The quantitative estimate of drug-likeness (QED) is 0.170. The van der Waals surface area contributed by atoms with Crippen molar-refractivity contribution in [2.45, 2.75) is 19.3 Å². The van der Waals surface area contributed by atoms with E-state index in [1.54, 1.807) is 0 Å². The van der Waals surface area contributed by atoms with Gasteiger partial charge in [-0.3, -0.25) is 0 Å². The monoisotopic (exact) mass is 753 g/mol. The van der Waals surface area contributed by atoms with Crippen LogP contribution in [0.4, 0.5) is 0 Å². The van der Waals surface area contributed by atoms with Gasteiger partial charge in [0.05, 0.1) is 22.6 Å². The highest BCUT2D eigenvalue weighted by Crippen LogP contribution is 2.50. The van der Waals surface area contributed by atoms with Crippen molar-refractivity contribution in [3.8, 4) is 78.5 Å². The van der Waals surface area contributed by atoms with Crippen molar-refractivity contribution >= 4 is 21.7 Å². The number of rotatable bonds is 6. The van der Waals surface area contributed by atoms with Crippen LogP contribution >= 0.6 is 0 Å². The fourth-order valence-electron chi connectivity index (χ4n) is 9.01. The Morgan fingerprint density at radius 2 is 0.847 bits per heavy atom. The van der Waals surface area contributed by atoms with E-state index in [2.05, 4.69) is 202 Å². The van der Waals surface area contributed by atoms with Gasteiger partial charge in [-0.25, -0.2) is 15.0 Å². The molecule has 0 fully saturated rings. The first-order valence-corrected chi connectivity index (χ1v) is 20.3. The van der Waals surface area contributed by atoms with Gasteiger partial charge < -0.3 is 0 Å². The largest absolute Gasteiger partial charge is 0.248 e. The van der Waals surface area contributed by atoms with Gasteiger partial charge in [0.25, 0.3) is 0 Å². The summed E-state index contributed by atoms with van der Waals surface area (Å²) in [5, 5.41) is 3.48. The summed E-state index contributed by atoms with van der Waals surface area (Å²) < 4.78 is 0. The molecule has 2 heterocycles. The maximum Gasteiger partial charge on any atom is 0.160 e. The molecule has 0 saturated heterocycles. The van der Waals surface area contributed by atoms with Crippen LogP contribution in [0.1, 0.15) is 25.0 Å². The first-order valence-electron chi connectivity index (χ1n) is 20.3. The first kappa shape index (κ1) is 34.7. The minimum absolute atomic E-state index is 0.110. The van der Waals surface area contributed by atoms with Crippen molar-refractivity contribution in [2.24, 2.45) is 0 Å². The average Bonchev–Trinajstić information content (AvgIpc) is 3.53. The highest BCUT2D eigenvalue weighted by Gasteiger charge is 2.35. The van der Waals surface area contributed by atoms with Gasteiger partial charge in [0, 0.05) is 33.1 Å². The van der Waals surface area contributed by atoms with Crippen LogP contribution in [0.15, 0.2) is 200 Å². The molecule has 0 atom stereocenters. The summed E-state index contributed by atoms with van der Waals surface area (Å²) in [5.74, 6) is 0.697. The Kier molecular flexibility index (Phi) is 8.16. The van der Waals surface area contributed by atoms with E-state index >= 15 is 0 Å². The minimum atomic E-state index is -0.110. The second kappa shape index (κ2) is 13.9. The van der Waals surface area contributed by atoms with Crippen LogP contribution in [0.3, 0.4) is 0 Å². The number of hydrogen-bond donors (Lipinski definition) is 0. The molecule has 3 nitrogen and oxygen atoms in total. The zero-order chi connectivity index (χ0) is 39.5. The average molecular weight is 754 g/mol. The van der Waals surface area contributed by atoms with Crippen LogP contribution in [0, 0.1) is 0 Å². The minimum Gasteiger partial charge on any atom is -0.248 e. The maximum atomic E-state index is 5.31. The third-order valence-electron chi connectivity index (χ3n) is 12.1. The third-order valence-corrected chi connectivity index (χ3v) is 12.1. The fraction of sp³-hybridized carbons (Fsp3) is 0.0536. The standard InChI is InChI=1S/C56H39N3/c1-56(2)49-25-15-14-24-44(49)47-32-48-46(33-51(38-16-6-3-7-17-38)57-54(48)34-50(47)56)37-28-26-36(27-29-37)45-31-42(30-41-22-12-13-23-43(41)45)55-58-52(39-18-8-4-9-19-39)35-53(59-55)40-20-10-5-11-21-40/h3-35H,1-2H3. The molecule has 0 bridgehead atoms. The van der Waals surface area contributed by atoms with Gasteiger partial charge in [-0.2, -0.15) is 0 Å². The topological polar surface area (TPSA) is 38.7 Å². The number of aromatic nitrogens is 3. The summed E-state index contributed by atoms with van der Waals surface area (Å²) in [6.45, 7) is 4.66. The Morgan fingerprint density at radius 1 is 0.322 bits per heavy atom. The molecule has 8 aromatic carbocycles. The van der Waals surface area contributed by atoms with Crippen LogP contribution in [0.25, 0.3) is 100 Å². The van der Waals surface area contributed by atoms with Crippen molar-refractivity contribution < 1.29 is 0 Å². The van der Waals surface area contributed by atoms with Gasteiger partial charge in [-0.15, -0.1) is 0 Å². The van der Waals surface area contributed by atoms with Gasteiger partial charge in [0.15, 0.2) is 5.82 Å². The summed E-state index contributed by atoms with van der Waals surface area (Å²) in [5.41, 5.74) is 17.7. The fourth-order valence-corrected chi connectivity index (χ4v) is 9.01. The number of pyridine rings is 1. The maximum absolute atomic E-state index is 5.31. The molecule has 1 aliphatic carbocycles. The molecule has 0 radical (unpaired) electrons. The van der Waals surface area contributed by atoms with E-state index in [0.717, 1.165) is 72.3 Å². The van der Waals surface area contributed by atoms with Crippen LogP contribution in [-0.2, 0) is 5.41 Å². The predicted molar refractivity (Wildman–Crippen MR) is 245 cm³/mol. The molecule has 0 N–H and O–H groups in total. The molecule has 2 aromatic heterocycles. The van der Waals surface area contributed by atoms with Gasteiger partial charge in [-0.05, 0) is 91.7 Å². The summed E-state index contributed by atoms with van der Waals surface area (Å²) in [4.78, 5) is 15.7. The predicted octanol–water partition coefficient (Wildman–Crippen LogP) is 14.5. The number of fused-ring (bicyclic) bond motifs is 5. The smallest absolute Gasteiger partial charge is 0.160 e. The molecule has 0 unspecified atom stereocenters. The number of benzene rings is 8. The molecule has 3 heteroatoms. The Morgan fingerprint density at radius 3 is 1.47 bits per heavy atom. The zero-order valence-corrected chi connectivity index (χ0v) is 32.9. The van der Waals surface area contributed by atoms with Crippen molar-refractivity contribution in [3.63, 3.8) is 0 Å². The lowest BCUT2D eigenvalue weighted by molar-refractivity contribution is 0.661. The second-order valence-electron chi connectivity index (χ2n) is 16.0. The van der Waals surface area contributed by atoms with E-state index in [-0.39, 0.29) is 5.41 Å². The van der Waals surface area contributed by atoms with Crippen molar-refractivity contribution in [2.75, 3.05) is 0 Å². The Labute approximate surface area is 344 Å². The molecular formula is C56H39N3. The highest BCUT2D eigenvalue weighted by molar-refractivity contribution is 6.03. The SMILES string of the molecule is CC1(C)c2ccccc2-c2cc3c(-c4ccc(-c5cc(-c6nc(-c7ccccc7)cc(-c7ccccc7)n6)cc6ccccc56)cc4)cc(-c4ccccc4)nc3cc21. The van der Waals surface area contributed by atoms with Gasteiger partial charge in [0.2, 0.25) is 0 Å². The first-order chi connectivity index (χ1) is 29.0. The molecule has 11 rings (SSSR count). The zero-order valence-electron chi connectivity index (χ0n) is 32.9. The van der Waals surface area contributed by atoms with Gasteiger partial charge in [-0.1, -0.05) is 178 Å². The van der Waals surface area contributed by atoms with Crippen molar-refractivity contribution in [1.82, 2.24) is 15.0 Å². The van der Waals surface area contributed by atoms with E-state index in [0.29, 0.717) is 5.82 Å². The summed E-state index contributed by atoms with van der Waals surface area (Å²) in [6, 6.07) is 71.3. The van der Waals surface area contributed by atoms with Crippen molar-refractivity contribution in [1.29, 1.82) is 0 Å². The van der Waals surface area contributed by atoms with Crippen LogP contribution in [0.5, 0.6) is 0 Å². The van der Waals surface area contributed by atoms with E-state index in [9.17, 15) is 0 Å². The van der Waals surface area contributed by atoms with E-state index in [1.165, 1.54) is 33.2 Å². The molecular weight excluding hydrogens is 715 g/mol. The summed E-state index contributed by atoms with van der Waals surface area (Å²) >= 11 is 0. The van der Waals surface area contributed by atoms with Crippen LogP contribution in [-0.4, -0.2) is 15.0 Å². The molecule has 0 aliphatic heterocycles. The second-order valence-corrected chi connectivity index (χ2v) is 16.0. The third kappa shape index (κ3) is 6.02. The lowest BCUT2D eigenvalue weighted by Crippen LogP contribution is -2.14. The number of hydrogen-bond acceptors (Lipinski definition) is 3. The van der Waals surface area contributed by atoms with Gasteiger partial charge >= 0.3 is 0 Å².